The number of fused-ring (bicyclic) bond motifs is 1. The Morgan fingerprint density at radius 3 is 2.69 bits per heavy atom. The number of hydrogen-bond acceptors (Lipinski definition) is 6. The van der Waals surface area contributed by atoms with Crippen molar-refractivity contribution in [2.75, 3.05) is 24.4 Å². The minimum atomic E-state index is -0.332. The molecule has 0 aliphatic carbocycles. The molecule has 3 rings (SSSR count). The molecule has 1 amide bonds. The van der Waals surface area contributed by atoms with Crippen molar-refractivity contribution in [3.8, 4) is 0 Å². The number of rotatable bonds is 11. The summed E-state index contributed by atoms with van der Waals surface area (Å²) in [6, 6.07) is 15.9. The highest BCUT2D eigenvalue weighted by molar-refractivity contribution is 7.98. The highest BCUT2D eigenvalue weighted by Gasteiger charge is 2.12. The summed E-state index contributed by atoms with van der Waals surface area (Å²) in [5.74, 6) is 2.38. The molecule has 0 fully saturated rings. The molecule has 0 aliphatic rings. The number of nitrogens with zero attached hydrogens (tertiary/aromatic N) is 2. The maximum atomic E-state index is 12.5. The van der Waals surface area contributed by atoms with E-state index in [0.29, 0.717) is 23.4 Å². The summed E-state index contributed by atoms with van der Waals surface area (Å²) < 4.78 is 8.12. The topological polar surface area (TPSA) is 60.7 Å². The van der Waals surface area contributed by atoms with Gasteiger partial charge in [-0.25, -0.2) is 4.79 Å². The van der Waals surface area contributed by atoms with Crippen molar-refractivity contribution in [3.63, 3.8) is 0 Å². The number of hydrogen-bond donors (Lipinski definition) is 0. The molecule has 3 aromatic rings. The molecular weight excluding hydrogens is 460 g/mol. The highest BCUT2D eigenvalue weighted by Crippen LogP contribution is 2.21. The Bertz CT molecular complexity index is 1110. The van der Waals surface area contributed by atoms with Crippen LogP contribution in [0.15, 0.2) is 53.5 Å². The van der Waals surface area contributed by atoms with Gasteiger partial charge in [-0.3, -0.25) is 4.79 Å². The summed E-state index contributed by atoms with van der Waals surface area (Å²) in [6.07, 6.45) is 3.30. The van der Waals surface area contributed by atoms with E-state index >= 15 is 0 Å². The van der Waals surface area contributed by atoms with Gasteiger partial charge in [0, 0.05) is 24.5 Å². The molecule has 1 heterocycles. The SMILES string of the molecule is CCOC(=O)c1ccc2c(c1)sc(=NC(=O)CCCSCc1ccccc1)n2CCSC. The summed E-state index contributed by atoms with van der Waals surface area (Å²) in [7, 11) is 0. The average molecular weight is 489 g/mol. The van der Waals surface area contributed by atoms with Gasteiger partial charge >= 0.3 is 5.97 Å². The van der Waals surface area contributed by atoms with Gasteiger partial charge in [0.25, 0.3) is 0 Å². The molecule has 32 heavy (non-hydrogen) atoms. The third kappa shape index (κ3) is 6.98. The van der Waals surface area contributed by atoms with Gasteiger partial charge in [-0.15, -0.1) is 0 Å². The lowest BCUT2D eigenvalue weighted by atomic mass is 10.2. The summed E-state index contributed by atoms with van der Waals surface area (Å²) in [6.45, 7) is 2.90. The number of esters is 1. The zero-order valence-corrected chi connectivity index (χ0v) is 20.9. The van der Waals surface area contributed by atoms with Crippen LogP contribution >= 0.6 is 34.9 Å². The molecular formula is C24H28N2O3S3. The van der Waals surface area contributed by atoms with Crippen LogP contribution in [0.1, 0.15) is 35.7 Å². The molecule has 0 unspecified atom stereocenters. The standard InChI is InChI=1S/C24H28N2O3S3/c1-3-29-23(28)19-11-12-20-21(16-19)32-24(26(20)13-15-30-2)25-22(27)10-7-14-31-17-18-8-5-4-6-9-18/h4-6,8-9,11-12,16H,3,7,10,13-15,17H2,1-2H3. The summed E-state index contributed by atoms with van der Waals surface area (Å²) >= 11 is 5.03. The first-order chi connectivity index (χ1) is 15.6. The highest BCUT2D eigenvalue weighted by atomic mass is 32.2. The number of aryl methyl sites for hydroxylation is 1. The monoisotopic (exact) mass is 488 g/mol. The Morgan fingerprint density at radius 2 is 1.94 bits per heavy atom. The van der Waals surface area contributed by atoms with Crippen LogP contribution in [0, 0.1) is 0 Å². The number of carbonyl (C=O) groups is 2. The first-order valence-electron chi connectivity index (χ1n) is 10.6. The summed E-state index contributed by atoms with van der Waals surface area (Å²) in [5.41, 5.74) is 2.81. The second-order valence-electron chi connectivity index (χ2n) is 7.08. The zero-order valence-electron chi connectivity index (χ0n) is 18.4. The molecule has 0 radical (unpaired) electrons. The lowest BCUT2D eigenvalue weighted by Gasteiger charge is -2.05. The van der Waals surface area contributed by atoms with E-state index in [-0.39, 0.29) is 11.9 Å². The van der Waals surface area contributed by atoms with Crippen molar-refractivity contribution in [1.82, 2.24) is 4.57 Å². The van der Waals surface area contributed by atoms with E-state index in [4.69, 9.17) is 4.74 Å². The number of ether oxygens (including phenoxy) is 1. The van der Waals surface area contributed by atoms with Crippen molar-refractivity contribution in [2.24, 2.45) is 4.99 Å². The van der Waals surface area contributed by atoms with Crippen LogP contribution in [0.3, 0.4) is 0 Å². The first-order valence-corrected chi connectivity index (χ1v) is 14.0. The minimum Gasteiger partial charge on any atom is -0.462 e. The van der Waals surface area contributed by atoms with Gasteiger partial charge in [-0.1, -0.05) is 41.7 Å². The van der Waals surface area contributed by atoms with E-state index in [2.05, 4.69) is 27.9 Å². The molecule has 0 saturated carbocycles. The summed E-state index contributed by atoms with van der Waals surface area (Å²) in [4.78, 5) is 29.7. The molecule has 0 N–H and O–H groups in total. The minimum absolute atomic E-state index is 0.0969. The first kappa shape index (κ1) is 24.6. The molecule has 5 nitrogen and oxygen atoms in total. The molecule has 0 atom stereocenters. The average Bonchev–Trinajstić information content (AvgIpc) is 3.14. The Hall–Kier alpha value is -2.03. The van der Waals surface area contributed by atoms with Gasteiger partial charge in [0.1, 0.15) is 0 Å². The Morgan fingerprint density at radius 1 is 1.12 bits per heavy atom. The smallest absolute Gasteiger partial charge is 0.338 e. The maximum absolute atomic E-state index is 12.5. The van der Waals surface area contributed by atoms with Crippen LogP contribution in [0.5, 0.6) is 0 Å². The van der Waals surface area contributed by atoms with Gasteiger partial charge < -0.3 is 9.30 Å². The van der Waals surface area contributed by atoms with E-state index in [1.165, 1.54) is 16.9 Å². The molecule has 1 aromatic heterocycles. The van der Waals surface area contributed by atoms with Crippen LogP contribution in [0.25, 0.3) is 10.2 Å². The largest absolute Gasteiger partial charge is 0.462 e. The fraction of sp³-hybridized carbons (Fsp3) is 0.375. The Labute approximate surface area is 201 Å². The Balaban J connectivity index is 1.68. The third-order valence-electron chi connectivity index (χ3n) is 4.72. The fourth-order valence-corrected chi connectivity index (χ4v) is 5.55. The van der Waals surface area contributed by atoms with E-state index in [1.54, 1.807) is 24.8 Å². The normalized spacial score (nSPS) is 11.8. The van der Waals surface area contributed by atoms with Crippen molar-refractivity contribution in [1.29, 1.82) is 0 Å². The molecule has 170 valence electrons. The fourth-order valence-electron chi connectivity index (χ4n) is 3.15. The molecule has 2 aromatic carbocycles. The quantitative estimate of drug-likeness (QED) is 0.268. The van der Waals surface area contributed by atoms with Gasteiger partial charge in [-0.2, -0.15) is 28.5 Å². The van der Waals surface area contributed by atoms with Crippen LogP contribution in [-0.2, 0) is 21.8 Å². The number of benzene rings is 2. The predicted molar refractivity (Wildman–Crippen MR) is 137 cm³/mol. The van der Waals surface area contributed by atoms with E-state index in [0.717, 1.165) is 40.4 Å². The van der Waals surface area contributed by atoms with Crippen LogP contribution in [0.4, 0.5) is 0 Å². The second kappa shape index (κ2) is 12.9. The van der Waals surface area contributed by atoms with Crippen LogP contribution < -0.4 is 4.80 Å². The lowest BCUT2D eigenvalue weighted by molar-refractivity contribution is -0.118. The van der Waals surface area contributed by atoms with E-state index in [9.17, 15) is 9.59 Å². The van der Waals surface area contributed by atoms with Gasteiger partial charge in [0.05, 0.1) is 22.4 Å². The lowest BCUT2D eigenvalue weighted by Crippen LogP contribution is -2.18. The molecule has 0 saturated heterocycles. The maximum Gasteiger partial charge on any atom is 0.338 e. The number of thiazole rings is 1. The van der Waals surface area contributed by atoms with Gasteiger partial charge in [0.15, 0.2) is 4.80 Å². The van der Waals surface area contributed by atoms with Crippen LogP contribution in [-0.4, -0.2) is 40.8 Å². The zero-order chi connectivity index (χ0) is 22.8. The van der Waals surface area contributed by atoms with Crippen LogP contribution in [0.2, 0.25) is 0 Å². The second-order valence-corrected chi connectivity index (χ2v) is 10.2. The number of carbonyl (C=O) groups excluding carboxylic acids is 2. The molecule has 8 heteroatoms. The Kier molecular flexibility index (Phi) is 9.89. The predicted octanol–water partition coefficient (Wildman–Crippen LogP) is 5.38. The van der Waals surface area contributed by atoms with Crippen molar-refractivity contribution >= 4 is 57.0 Å². The van der Waals surface area contributed by atoms with E-state index in [1.807, 2.05) is 42.1 Å². The van der Waals surface area contributed by atoms with Crippen molar-refractivity contribution in [2.45, 2.75) is 32.1 Å². The molecule has 0 bridgehead atoms. The number of aromatic nitrogens is 1. The number of thioether (sulfide) groups is 2. The third-order valence-corrected chi connectivity index (χ3v) is 7.47. The number of amides is 1. The van der Waals surface area contributed by atoms with Crippen molar-refractivity contribution in [3.05, 3.63) is 64.5 Å². The molecule has 0 spiro atoms. The summed E-state index contributed by atoms with van der Waals surface area (Å²) in [5, 5.41) is 0. The van der Waals surface area contributed by atoms with Gasteiger partial charge in [-0.05, 0) is 49.1 Å². The van der Waals surface area contributed by atoms with E-state index < -0.39 is 0 Å². The van der Waals surface area contributed by atoms with Crippen molar-refractivity contribution < 1.29 is 14.3 Å². The van der Waals surface area contributed by atoms with Gasteiger partial charge in [0.2, 0.25) is 5.91 Å². The molecule has 0 aliphatic heterocycles.